The van der Waals surface area contributed by atoms with E-state index >= 15 is 0 Å². The number of nitrogens with one attached hydrogen (secondary N) is 1. The Morgan fingerprint density at radius 3 is 2.79 bits per heavy atom. The van der Waals surface area contributed by atoms with E-state index in [1.54, 1.807) is 25.1 Å². The molecule has 0 bridgehead atoms. The van der Waals surface area contributed by atoms with Crippen LogP contribution in [0.3, 0.4) is 0 Å². The van der Waals surface area contributed by atoms with Crippen LogP contribution in [0.4, 0.5) is 0 Å². The minimum Gasteiger partial charge on any atom is -0.508 e. The lowest BCUT2D eigenvalue weighted by atomic mass is 10.1. The first kappa shape index (κ1) is 13.9. The second-order valence-corrected chi connectivity index (χ2v) is 7.19. The number of aryl methyl sites for hydroxylation is 1. The van der Waals surface area contributed by atoms with Crippen LogP contribution >= 0.6 is 0 Å². The minimum absolute atomic E-state index is 0.0257. The fourth-order valence-corrected chi connectivity index (χ4v) is 3.81. The lowest BCUT2D eigenvalue weighted by molar-refractivity contribution is -0.120. The van der Waals surface area contributed by atoms with Gasteiger partial charge in [-0.25, -0.2) is 8.42 Å². The number of carbonyl (C=O) groups excluding carboxylic acids is 1. The molecule has 0 spiro atoms. The molecule has 1 aromatic carbocycles. The highest BCUT2D eigenvalue weighted by Crippen LogP contribution is 2.18. The summed E-state index contributed by atoms with van der Waals surface area (Å²) in [5, 5.41) is 12.3. The summed E-state index contributed by atoms with van der Waals surface area (Å²) in [5.74, 6) is 0.111. The summed E-state index contributed by atoms with van der Waals surface area (Å²) in [6.45, 7) is 1.78. The summed E-state index contributed by atoms with van der Waals surface area (Å²) in [7, 11) is -2.98. The number of phenolic OH excluding ortho intramolecular Hbond substituents is 1. The molecular formula is C13H17NO4S. The summed E-state index contributed by atoms with van der Waals surface area (Å²) in [6.07, 6.45) is 0.623. The lowest BCUT2D eigenvalue weighted by Gasteiger charge is -2.11. The quantitative estimate of drug-likeness (QED) is 0.848. The van der Waals surface area contributed by atoms with Gasteiger partial charge in [0.05, 0.1) is 17.9 Å². The van der Waals surface area contributed by atoms with Crippen molar-refractivity contribution in [2.45, 2.75) is 25.8 Å². The molecule has 1 atom stereocenters. The number of benzene rings is 1. The molecule has 5 nitrogen and oxygen atoms in total. The highest BCUT2D eigenvalue weighted by molar-refractivity contribution is 7.91. The average molecular weight is 283 g/mol. The molecule has 19 heavy (non-hydrogen) atoms. The first-order valence-electron chi connectivity index (χ1n) is 6.14. The van der Waals surface area contributed by atoms with Crippen LogP contribution in [0.2, 0.25) is 0 Å². The molecule has 1 saturated heterocycles. The summed E-state index contributed by atoms with van der Waals surface area (Å²) in [4.78, 5) is 11.8. The number of hydrogen-bond donors (Lipinski definition) is 2. The van der Waals surface area contributed by atoms with Crippen molar-refractivity contribution in [2.75, 3.05) is 11.5 Å². The lowest BCUT2D eigenvalue weighted by Crippen LogP contribution is -2.36. The summed E-state index contributed by atoms with van der Waals surface area (Å²) >= 11 is 0. The van der Waals surface area contributed by atoms with E-state index in [0.717, 1.165) is 5.56 Å². The van der Waals surface area contributed by atoms with Crippen LogP contribution in [-0.4, -0.2) is 37.0 Å². The largest absolute Gasteiger partial charge is 0.508 e. The zero-order valence-electron chi connectivity index (χ0n) is 10.7. The van der Waals surface area contributed by atoms with E-state index < -0.39 is 9.84 Å². The predicted octanol–water partition coefficient (Wildman–Crippen LogP) is 0.546. The van der Waals surface area contributed by atoms with Crippen molar-refractivity contribution in [1.29, 1.82) is 0 Å². The van der Waals surface area contributed by atoms with Crippen LogP contribution in [0.5, 0.6) is 5.75 Å². The number of sulfone groups is 1. The molecule has 0 saturated carbocycles. The fourth-order valence-electron chi connectivity index (χ4n) is 2.14. The molecular weight excluding hydrogens is 266 g/mol. The molecule has 1 aromatic rings. The van der Waals surface area contributed by atoms with Crippen molar-refractivity contribution >= 4 is 15.7 Å². The van der Waals surface area contributed by atoms with Gasteiger partial charge in [0.15, 0.2) is 9.84 Å². The summed E-state index contributed by atoms with van der Waals surface area (Å²) in [5.41, 5.74) is 1.47. The average Bonchev–Trinajstić information content (AvgIpc) is 2.63. The van der Waals surface area contributed by atoms with Crippen LogP contribution < -0.4 is 5.32 Å². The van der Waals surface area contributed by atoms with Crippen LogP contribution in [0.15, 0.2) is 18.2 Å². The molecule has 0 aromatic heterocycles. The smallest absolute Gasteiger partial charge is 0.224 e. The van der Waals surface area contributed by atoms with Gasteiger partial charge in [-0.3, -0.25) is 4.79 Å². The van der Waals surface area contributed by atoms with Gasteiger partial charge in [-0.05, 0) is 30.5 Å². The molecule has 2 N–H and O–H groups in total. The van der Waals surface area contributed by atoms with E-state index in [2.05, 4.69) is 5.32 Å². The molecule has 0 aliphatic carbocycles. The Morgan fingerprint density at radius 2 is 2.21 bits per heavy atom. The van der Waals surface area contributed by atoms with E-state index in [1.807, 2.05) is 0 Å². The maximum atomic E-state index is 11.8. The molecule has 1 amide bonds. The topological polar surface area (TPSA) is 83.5 Å². The van der Waals surface area contributed by atoms with Gasteiger partial charge in [-0.2, -0.15) is 0 Å². The Labute approximate surface area is 112 Å². The van der Waals surface area contributed by atoms with Gasteiger partial charge in [0.25, 0.3) is 0 Å². The van der Waals surface area contributed by atoms with Gasteiger partial charge in [-0.1, -0.05) is 12.1 Å². The number of amides is 1. The monoisotopic (exact) mass is 283 g/mol. The SMILES string of the molecule is Cc1ccc(CC(=O)NC2CCS(=O)(=O)C2)cc1O. The molecule has 0 radical (unpaired) electrons. The second-order valence-electron chi connectivity index (χ2n) is 4.97. The molecule has 1 fully saturated rings. The van der Waals surface area contributed by atoms with Gasteiger partial charge >= 0.3 is 0 Å². The number of phenols is 1. The third-order valence-corrected chi connectivity index (χ3v) is 5.00. The fraction of sp³-hybridized carbons (Fsp3) is 0.462. The van der Waals surface area contributed by atoms with Gasteiger partial charge in [-0.15, -0.1) is 0 Å². The number of carbonyl (C=O) groups is 1. The van der Waals surface area contributed by atoms with Crippen molar-refractivity contribution in [2.24, 2.45) is 0 Å². The van der Waals surface area contributed by atoms with Crippen LogP contribution in [-0.2, 0) is 21.1 Å². The van der Waals surface area contributed by atoms with E-state index in [-0.39, 0.29) is 35.6 Å². The van der Waals surface area contributed by atoms with E-state index in [9.17, 15) is 18.3 Å². The number of rotatable bonds is 3. The predicted molar refractivity (Wildman–Crippen MR) is 71.7 cm³/mol. The zero-order valence-corrected chi connectivity index (χ0v) is 11.5. The van der Waals surface area contributed by atoms with Crippen molar-refractivity contribution in [3.8, 4) is 5.75 Å². The second kappa shape index (κ2) is 5.21. The van der Waals surface area contributed by atoms with Crippen molar-refractivity contribution < 1.29 is 18.3 Å². The third kappa shape index (κ3) is 3.70. The van der Waals surface area contributed by atoms with Crippen molar-refractivity contribution in [1.82, 2.24) is 5.32 Å². The molecule has 2 rings (SSSR count). The summed E-state index contributed by atoms with van der Waals surface area (Å²) < 4.78 is 22.6. The standard InChI is InChI=1S/C13H17NO4S/c1-9-2-3-10(6-12(9)15)7-13(16)14-11-4-5-19(17,18)8-11/h2-3,6,11,15H,4-5,7-8H2,1H3,(H,14,16). The minimum atomic E-state index is -2.98. The third-order valence-electron chi connectivity index (χ3n) is 3.24. The van der Waals surface area contributed by atoms with Crippen LogP contribution in [0.25, 0.3) is 0 Å². The Morgan fingerprint density at radius 1 is 1.47 bits per heavy atom. The van der Waals surface area contributed by atoms with Crippen molar-refractivity contribution in [3.63, 3.8) is 0 Å². The molecule has 1 aliphatic rings. The number of aromatic hydroxyl groups is 1. The zero-order chi connectivity index (χ0) is 14.0. The van der Waals surface area contributed by atoms with Crippen molar-refractivity contribution in [3.05, 3.63) is 29.3 Å². The molecule has 1 heterocycles. The van der Waals surface area contributed by atoms with Gasteiger partial charge < -0.3 is 10.4 Å². The maximum Gasteiger partial charge on any atom is 0.224 e. The maximum absolute atomic E-state index is 11.8. The Kier molecular flexibility index (Phi) is 3.80. The molecule has 6 heteroatoms. The molecule has 1 unspecified atom stereocenters. The Balaban J connectivity index is 1.93. The first-order chi connectivity index (χ1) is 8.85. The molecule has 104 valence electrons. The Bertz CT molecular complexity index is 595. The highest BCUT2D eigenvalue weighted by Gasteiger charge is 2.28. The van der Waals surface area contributed by atoms with Crippen LogP contribution in [0.1, 0.15) is 17.5 Å². The van der Waals surface area contributed by atoms with Gasteiger partial charge in [0.1, 0.15) is 5.75 Å². The highest BCUT2D eigenvalue weighted by atomic mass is 32.2. The first-order valence-corrected chi connectivity index (χ1v) is 7.96. The normalized spacial score (nSPS) is 21.2. The van der Waals surface area contributed by atoms with E-state index in [0.29, 0.717) is 12.0 Å². The van der Waals surface area contributed by atoms with Gasteiger partial charge in [0, 0.05) is 6.04 Å². The van der Waals surface area contributed by atoms with Gasteiger partial charge in [0.2, 0.25) is 5.91 Å². The van der Waals surface area contributed by atoms with E-state index in [1.165, 1.54) is 0 Å². The van der Waals surface area contributed by atoms with Crippen LogP contribution in [0, 0.1) is 6.92 Å². The van der Waals surface area contributed by atoms with E-state index in [4.69, 9.17) is 0 Å². The number of hydrogen-bond acceptors (Lipinski definition) is 4. The Hall–Kier alpha value is -1.56. The summed E-state index contributed by atoms with van der Waals surface area (Å²) in [6, 6.07) is 4.80. The molecule has 1 aliphatic heterocycles.